The number of amides is 1. The van der Waals surface area contributed by atoms with Gasteiger partial charge in [-0.15, -0.1) is 0 Å². The molecule has 1 aromatic carbocycles. The Morgan fingerprint density at radius 1 is 1.50 bits per heavy atom. The molecule has 1 aliphatic rings. The number of phenols is 2. The highest BCUT2D eigenvalue weighted by Gasteiger charge is 2.26. The van der Waals surface area contributed by atoms with Crippen molar-refractivity contribution >= 4 is 21.8 Å². The number of ether oxygens (including phenoxy) is 1. The van der Waals surface area contributed by atoms with Crippen LogP contribution in [0.5, 0.6) is 11.5 Å². The third-order valence-corrected chi connectivity index (χ3v) is 3.53. The largest absolute Gasteiger partial charge is 0.508 e. The van der Waals surface area contributed by atoms with Crippen LogP contribution in [0, 0.1) is 0 Å². The second kappa shape index (κ2) is 5.58. The molecule has 0 saturated carbocycles. The Morgan fingerprint density at radius 2 is 2.28 bits per heavy atom. The van der Waals surface area contributed by atoms with Crippen molar-refractivity contribution in [2.45, 2.75) is 6.10 Å². The lowest BCUT2D eigenvalue weighted by atomic mass is 10.1. The summed E-state index contributed by atoms with van der Waals surface area (Å²) in [6.07, 6.45) is -0.0397. The summed E-state index contributed by atoms with van der Waals surface area (Å²) >= 11 is 3.32. The standard InChI is InChI=1S/C12H14BrNO4/c13-6-9-7-14(3-4-18-9)12(17)10-5-8(15)1-2-11(10)16/h1-2,5,9,15-16H,3-4,6-7H2. The zero-order valence-electron chi connectivity index (χ0n) is 9.67. The van der Waals surface area contributed by atoms with Crippen LogP contribution in [0.2, 0.25) is 0 Å². The number of halogens is 1. The number of hydrogen-bond acceptors (Lipinski definition) is 4. The highest BCUT2D eigenvalue weighted by molar-refractivity contribution is 9.09. The summed E-state index contributed by atoms with van der Waals surface area (Å²) in [5, 5.41) is 19.7. The van der Waals surface area contributed by atoms with Crippen LogP contribution in [0.1, 0.15) is 10.4 Å². The molecule has 0 aliphatic carbocycles. The van der Waals surface area contributed by atoms with Crippen molar-refractivity contribution in [2.75, 3.05) is 25.0 Å². The molecular formula is C12H14BrNO4. The smallest absolute Gasteiger partial charge is 0.257 e. The van der Waals surface area contributed by atoms with Gasteiger partial charge in [0.1, 0.15) is 11.5 Å². The quantitative estimate of drug-likeness (QED) is 0.638. The Morgan fingerprint density at radius 3 is 3.00 bits per heavy atom. The number of benzene rings is 1. The van der Waals surface area contributed by atoms with Gasteiger partial charge in [0.05, 0.1) is 18.3 Å². The monoisotopic (exact) mass is 315 g/mol. The van der Waals surface area contributed by atoms with E-state index in [2.05, 4.69) is 15.9 Å². The number of phenolic OH excluding ortho intramolecular Hbond substituents is 2. The zero-order valence-corrected chi connectivity index (χ0v) is 11.3. The fourth-order valence-corrected chi connectivity index (χ4v) is 2.25. The Balaban J connectivity index is 2.17. The number of carbonyl (C=O) groups is 1. The van der Waals surface area contributed by atoms with Gasteiger partial charge in [0, 0.05) is 18.4 Å². The predicted molar refractivity (Wildman–Crippen MR) is 69.2 cm³/mol. The Kier molecular flexibility index (Phi) is 4.08. The molecule has 0 radical (unpaired) electrons. The van der Waals surface area contributed by atoms with E-state index in [4.69, 9.17) is 4.74 Å². The van der Waals surface area contributed by atoms with Crippen LogP contribution in [0.3, 0.4) is 0 Å². The third-order valence-electron chi connectivity index (χ3n) is 2.81. The van der Waals surface area contributed by atoms with Crippen LogP contribution < -0.4 is 0 Å². The number of rotatable bonds is 2. The minimum atomic E-state index is -0.294. The number of nitrogens with zero attached hydrogens (tertiary/aromatic N) is 1. The summed E-state index contributed by atoms with van der Waals surface area (Å²) in [7, 11) is 0. The van der Waals surface area contributed by atoms with Gasteiger partial charge >= 0.3 is 0 Å². The van der Waals surface area contributed by atoms with Crippen LogP contribution in [0.4, 0.5) is 0 Å². The fraction of sp³-hybridized carbons (Fsp3) is 0.417. The molecular weight excluding hydrogens is 302 g/mol. The van der Waals surface area contributed by atoms with Crippen molar-refractivity contribution < 1.29 is 19.7 Å². The maximum Gasteiger partial charge on any atom is 0.257 e. The Labute approximate surface area is 113 Å². The van der Waals surface area contributed by atoms with E-state index >= 15 is 0 Å². The van der Waals surface area contributed by atoms with Crippen molar-refractivity contribution in [3.63, 3.8) is 0 Å². The molecule has 1 aliphatic heterocycles. The van der Waals surface area contributed by atoms with Gasteiger partial charge in [0.15, 0.2) is 0 Å². The van der Waals surface area contributed by atoms with Crippen LogP contribution in [0.15, 0.2) is 18.2 Å². The molecule has 1 fully saturated rings. The molecule has 6 heteroatoms. The molecule has 98 valence electrons. The summed E-state index contributed by atoms with van der Waals surface area (Å²) in [5.74, 6) is -0.459. The van der Waals surface area contributed by atoms with Crippen molar-refractivity contribution in [3.05, 3.63) is 23.8 Å². The van der Waals surface area contributed by atoms with E-state index in [-0.39, 0.29) is 29.1 Å². The summed E-state index contributed by atoms with van der Waals surface area (Å²) in [4.78, 5) is 13.8. The molecule has 2 N–H and O–H groups in total. The van der Waals surface area contributed by atoms with E-state index in [0.29, 0.717) is 25.0 Å². The second-order valence-electron chi connectivity index (χ2n) is 4.10. The first-order valence-electron chi connectivity index (χ1n) is 5.60. The van der Waals surface area contributed by atoms with Gasteiger partial charge in [-0.25, -0.2) is 0 Å². The summed E-state index contributed by atoms with van der Waals surface area (Å²) in [5.41, 5.74) is 0.116. The van der Waals surface area contributed by atoms with Gasteiger partial charge in [-0.2, -0.15) is 0 Å². The number of aromatic hydroxyl groups is 2. The molecule has 1 unspecified atom stereocenters. The molecule has 0 bridgehead atoms. The van der Waals surface area contributed by atoms with Gasteiger partial charge in [0.2, 0.25) is 0 Å². The van der Waals surface area contributed by atoms with Gasteiger partial charge in [-0.05, 0) is 18.2 Å². The molecule has 0 aromatic heterocycles. The number of carbonyl (C=O) groups excluding carboxylic acids is 1. The van der Waals surface area contributed by atoms with E-state index in [9.17, 15) is 15.0 Å². The Hall–Kier alpha value is -1.27. The minimum Gasteiger partial charge on any atom is -0.508 e. The normalized spacial score (nSPS) is 19.8. The average molecular weight is 316 g/mol. The first kappa shape index (κ1) is 13.2. The number of alkyl halides is 1. The van der Waals surface area contributed by atoms with Crippen LogP contribution in [-0.4, -0.2) is 52.2 Å². The lowest BCUT2D eigenvalue weighted by Gasteiger charge is -2.32. The van der Waals surface area contributed by atoms with Gasteiger partial charge < -0.3 is 19.8 Å². The third kappa shape index (κ3) is 2.76. The molecule has 0 spiro atoms. The minimum absolute atomic E-state index is 0.0397. The first-order chi connectivity index (χ1) is 8.61. The van der Waals surface area contributed by atoms with E-state index in [1.165, 1.54) is 18.2 Å². The summed E-state index contributed by atoms with van der Waals surface area (Å²) < 4.78 is 5.44. The SMILES string of the molecule is O=C(c1cc(O)ccc1O)N1CCOC(CBr)C1. The van der Waals surface area contributed by atoms with Crippen molar-refractivity contribution in [1.29, 1.82) is 0 Å². The van der Waals surface area contributed by atoms with Crippen LogP contribution in [-0.2, 0) is 4.74 Å². The molecule has 18 heavy (non-hydrogen) atoms. The maximum absolute atomic E-state index is 12.2. The zero-order chi connectivity index (χ0) is 13.1. The summed E-state index contributed by atoms with van der Waals surface area (Å²) in [6, 6.07) is 3.92. The Bertz CT molecular complexity index is 452. The average Bonchev–Trinajstić information content (AvgIpc) is 2.41. The van der Waals surface area contributed by atoms with E-state index < -0.39 is 0 Å². The fourth-order valence-electron chi connectivity index (χ4n) is 1.86. The number of hydrogen-bond donors (Lipinski definition) is 2. The van der Waals surface area contributed by atoms with Crippen molar-refractivity contribution in [1.82, 2.24) is 4.90 Å². The van der Waals surface area contributed by atoms with Gasteiger partial charge in [-0.1, -0.05) is 15.9 Å². The van der Waals surface area contributed by atoms with Gasteiger partial charge in [-0.3, -0.25) is 4.79 Å². The predicted octanol–water partition coefficient (Wildman–Crippen LogP) is 1.33. The molecule has 5 nitrogen and oxygen atoms in total. The molecule has 2 rings (SSSR count). The molecule has 1 atom stereocenters. The summed E-state index contributed by atoms with van der Waals surface area (Å²) in [6.45, 7) is 1.43. The van der Waals surface area contributed by atoms with Crippen molar-refractivity contribution in [3.8, 4) is 11.5 Å². The highest BCUT2D eigenvalue weighted by Crippen LogP contribution is 2.24. The lowest BCUT2D eigenvalue weighted by Crippen LogP contribution is -2.46. The molecule has 1 saturated heterocycles. The number of morpholine rings is 1. The molecule has 1 aromatic rings. The molecule has 1 heterocycles. The van der Waals surface area contributed by atoms with Crippen LogP contribution >= 0.6 is 15.9 Å². The van der Waals surface area contributed by atoms with Gasteiger partial charge in [0.25, 0.3) is 5.91 Å². The van der Waals surface area contributed by atoms with E-state index in [1.54, 1.807) is 4.90 Å². The second-order valence-corrected chi connectivity index (χ2v) is 4.75. The van der Waals surface area contributed by atoms with E-state index in [1.807, 2.05) is 0 Å². The topological polar surface area (TPSA) is 70.0 Å². The van der Waals surface area contributed by atoms with Crippen molar-refractivity contribution in [2.24, 2.45) is 0 Å². The lowest BCUT2D eigenvalue weighted by molar-refractivity contribution is -0.00976. The molecule has 1 amide bonds. The van der Waals surface area contributed by atoms with Crippen LogP contribution in [0.25, 0.3) is 0 Å². The maximum atomic E-state index is 12.2. The first-order valence-corrected chi connectivity index (χ1v) is 6.73. The van der Waals surface area contributed by atoms with E-state index in [0.717, 1.165) is 0 Å². The highest BCUT2D eigenvalue weighted by atomic mass is 79.9.